The number of hydrogen-bond acceptors (Lipinski definition) is 6. The van der Waals surface area contributed by atoms with Gasteiger partial charge >= 0.3 is 11.9 Å². The van der Waals surface area contributed by atoms with Crippen LogP contribution in [-0.2, 0) is 14.3 Å². The minimum atomic E-state index is -0.653. The van der Waals surface area contributed by atoms with E-state index in [-0.39, 0.29) is 5.75 Å². The second kappa shape index (κ2) is 7.31. The van der Waals surface area contributed by atoms with Crippen LogP contribution in [0.15, 0.2) is 53.1 Å². The van der Waals surface area contributed by atoms with E-state index >= 15 is 0 Å². The van der Waals surface area contributed by atoms with Gasteiger partial charge in [-0.15, -0.1) is 0 Å². The lowest BCUT2D eigenvalue weighted by Crippen LogP contribution is -2.16. The van der Waals surface area contributed by atoms with E-state index in [1.807, 2.05) is 24.3 Å². The van der Waals surface area contributed by atoms with Crippen LogP contribution in [0.5, 0.6) is 11.5 Å². The molecule has 1 aromatic heterocycles. The maximum atomic E-state index is 12.5. The highest BCUT2D eigenvalue weighted by atomic mass is 16.6. The molecule has 1 unspecified atom stereocenters. The number of hydrogen-bond donors (Lipinski definition) is 0. The lowest BCUT2D eigenvalue weighted by molar-refractivity contribution is -0.141. The highest BCUT2D eigenvalue weighted by Gasteiger charge is 2.25. The van der Waals surface area contributed by atoms with Gasteiger partial charge in [-0.2, -0.15) is 0 Å². The largest absolute Gasteiger partial charge is 0.493 e. The summed E-state index contributed by atoms with van der Waals surface area (Å²) >= 11 is 0. The molecule has 0 amide bonds. The van der Waals surface area contributed by atoms with Crippen molar-refractivity contribution in [2.24, 2.45) is 0 Å². The first-order valence-electron chi connectivity index (χ1n) is 7.95. The molecular formula is C20H18O6. The fourth-order valence-corrected chi connectivity index (χ4v) is 2.85. The lowest BCUT2D eigenvalue weighted by Gasteiger charge is -2.17. The quantitative estimate of drug-likeness (QED) is 0.514. The zero-order valence-electron chi connectivity index (χ0n) is 14.6. The minimum Gasteiger partial charge on any atom is -0.493 e. The van der Waals surface area contributed by atoms with E-state index in [2.05, 4.69) is 0 Å². The maximum Gasteiger partial charge on any atom is 0.317 e. The average Bonchev–Trinajstić information content (AvgIpc) is 3.10. The van der Waals surface area contributed by atoms with E-state index in [0.29, 0.717) is 11.3 Å². The third-order valence-electron chi connectivity index (χ3n) is 4.02. The van der Waals surface area contributed by atoms with Crippen LogP contribution in [-0.4, -0.2) is 26.2 Å². The summed E-state index contributed by atoms with van der Waals surface area (Å²) in [6.45, 7) is 1.31. The third-order valence-corrected chi connectivity index (χ3v) is 4.02. The minimum absolute atomic E-state index is 0.289. The Kier molecular flexibility index (Phi) is 4.93. The number of furan rings is 1. The fourth-order valence-electron chi connectivity index (χ4n) is 2.85. The summed E-state index contributed by atoms with van der Waals surface area (Å²) in [5.41, 5.74) is 2.15. The standard InChI is InChI=1S/C20H18O6/c1-12(21)26-17-7-5-15(11-18(17)23-2)19(20(22)24-3)14-4-6-16-13(10-14)8-9-25-16/h4-11,19H,1-3H3. The number of methoxy groups -OCH3 is 2. The predicted molar refractivity (Wildman–Crippen MR) is 94.4 cm³/mol. The van der Waals surface area contributed by atoms with Gasteiger partial charge in [0.15, 0.2) is 11.5 Å². The van der Waals surface area contributed by atoms with Crippen molar-refractivity contribution in [2.75, 3.05) is 14.2 Å². The summed E-state index contributed by atoms with van der Waals surface area (Å²) in [7, 11) is 2.81. The summed E-state index contributed by atoms with van der Waals surface area (Å²) < 4.78 is 20.8. The Hall–Kier alpha value is -3.28. The van der Waals surface area contributed by atoms with E-state index in [9.17, 15) is 9.59 Å². The Morgan fingerprint density at radius 3 is 2.38 bits per heavy atom. The van der Waals surface area contributed by atoms with Crippen molar-refractivity contribution in [3.8, 4) is 11.5 Å². The van der Waals surface area contributed by atoms with E-state index in [4.69, 9.17) is 18.6 Å². The molecule has 0 bridgehead atoms. The molecule has 0 fully saturated rings. The monoisotopic (exact) mass is 354 g/mol. The molecule has 3 rings (SSSR count). The van der Waals surface area contributed by atoms with Gasteiger partial charge in [0.2, 0.25) is 0 Å². The van der Waals surface area contributed by atoms with E-state index in [1.54, 1.807) is 24.5 Å². The molecule has 0 spiro atoms. The number of rotatable bonds is 5. The van der Waals surface area contributed by atoms with Crippen molar-refractivity contribution in [3.05, 3.63) is 59.9 Å². The summed E-state index contributed by atoms with van der Waals surface area (Å²) in [6.07, 6.45) is 1.60. The molecule has 1 heterocycles. The van der Waals surface area contributed by atoms with Crippen molar-refractivity contribution in [1.82, 2.24) is 0 Å². The van der Waals surface area contributed by atoms with Crippen molar-refractivity contribution in [3.63, 3.8) is 0 Å². The van der Waals surface area contributed by atoms with Gasteiger partial charge in [0.05, 0.1) is 20.5 Å². The first kappa shape index (κ1) is 17.5. The zero-order chi connectivity index (χ0) is 18.7. The predicted octanol–water partition coefficient (Wildman–Crippen LogP) is 3.67. The normalized spacial score (nSPS) is 11.8. The van der Waals surface area contributed by atoms with Crippen LogP contribution in [0.1, 0.15) is 24.0 Å². The van der Waals surface area contributed by atoms with E-state index in [1.165, 1.54) is 21.1 Å². The topological polar surface area (TPSA) is 75.0 Å². The molecule has 26 heavy (non-hydrogen) atoms. The van der Waals surface area contributed by atoms with Gasteiger partial charge in [0, 0.05) is 12.3 Å². The van der Waals surface area contributed by atoms with Gasteiger partial charge in [0.1, 0.15) is 11.5 Å². The van der Waals surface area contributed by atoms with Crippen molar-refractivity contribution in [2.45, 2.75) is 12.8 Å². The Labute approximate surface area is 150 Å². The van der Waals surface area contributed by atoms with Crippen LogP contribution in [0.25, 0.3) is 11.0 Å². The smallest absolute Gasteiger partial charge is 0.317 e. The number of fused-ring (bicyclic) bond motifs is 1. The molecule has 0 radical (unpaired) electrons. The molecule has 0 aliphatic carbocycles. The Morgan fingerprint density at radius 1 is 0.962 bits per heavy atom. The second-order valence-electron chi connectivity index (χ2n) is 5.68. The summed E-state index contributed by atoms with van der Waals surface area (Å²) in [4.78, 5) is 23.7. The molecule has 6 nitrogen and oxygen atoms in total. The molecule has 2 aromatic carbocycles. The number of carbonyl (C=O) groups is 2. The number of benzene rings is 2. The number of carbonyl (C=O) groups excluding carboxylic acids is 2. The van der Waals surface area contributed by atoms with Crippen LogP contribution in [0.2, 0.25) is 0 Å². The van der Waals surface area contributed by atoms with Gasteiger partial charge in [-0.05, 0) is 41.5 Å². The lowest BCUT2D eigenvalue weighted by atomic mass is 9.90. The van der Waals surface area contributed by atoms with Crippen LogP contribution in [0.4, 0.5) is 0 Å². The first-order valence-corrected chi connectivity index (χ1v) is 7.95. The SMILES string of the molecule is COC(=O)C(c1ccc(OC(C)=O)c(OC)c1)c1ccc2occc2c1. The fraction of sp³-hybridized carbons (Fsp3) is 0.200. The molecule has 1 atom stereocenters. The molecule has 0 aliphatic rings. The molecular weight excluding hydrogens is 336 g/mol. The number of ether oxygens (including phenoxy) is 3. The van der Waals surface area contributed by atoms with Gasteiger partial charge in [-0.1, -0.05) is 12.1 Å². The van der Waals surface area contributed by atoms with Crippen LogP contribution in [0, 0.1) is 0 Å². The summed E-state index contributed by atoms with van der Waals surface area (Å²) in [6, 6.07) is 12.3. The molecule has 0 saturated heterocycles. The van der Waals surface area contributed by atoms with Crippen molar-refractivity contribution >= 4 is 22.9 Å². The summed E-state index contributed by atoms with van der Waals surface area (Å²) in [5, 5.41) is 0.889. The van der Waals surface area contributed by atoms with E-state index in [0.717, 1.165) is 16.5 Å². The van der Waals surface area contributed by atoms with Gasteiger partial charge < -0.3 is 18.6 Å². The van der Waals surface area contributed by atoms with Gasteiger partial charge in [-0.3, -0.25) is 9.59 Å². The van der Waals surface area contributed by atoms with Gasteiger partial charge in [-0.25, -0.2) is 0 Å². The highest BCUT2D eigenvalue weighted by Crippen LogP contribution is 2.35. The van der Waals surface area contributed by atoms with Crippen molar-refractivity contribution < 1.29 is 28.2 Å². The first-order chi connectivity index (χ1) is 12.5. The highest BCUT2D eigenvalue weighted by molar-refractivity contribution is 5.85. The molecule has 0 aliphatic heterocycles. The van der Waals surface area contributed by atoms with Crippen molar-refractivity contribution in [1.29, 1.82) is 0 Å². The van der Waals surface area contributed by atoms with Crippen LogP contribution >= 0.6 is 0 Å². The molecule has 0 saturated carbocycles. The maximum absolute atomic E-state index is 12.5. The van der Waals surface area contributed by atoms with Gasteiger partial charge in [0.25, 0.3) is 0 Å². The number of esters is 2. The Balaban J connectivity index is 2.07. The Morgan fingerprint density at radius 2 is 1.69 bits per heavy atom. The second-order valence-corrected chi connectivity index (χ2v) is 5.68. The Bertz CT molecular complexity index is 956. The zero-order valence-corrected chi connectivity index (χ0v) is 14.6. The van der Waals surface area contributed by atoms with E-state index < -0.39 is 17.9 Å². The molecule has 3 aromatic rings. The molecule has 134 valence electrons. The third kappa shape index (κ3) is 3.39. The molecule has 6 heteroatoms. The van der Waals surface area contributed by atoms with Crippen LogP contribution in [0.3, 0.4) is 0 Å². The molecule has 0 N–H and O–H groups in total. The summed E-state index contributed by atoms with van der Waals surface area (Å²) in [5.74, 6) is -0.866. The van der Waals surface area contributed by atoms with Crippen LogP contribution < -0.4 is 9.47 Å². The average molecular weight is 354 g/mol.